The number of aromatic nitrogens is 1. The Morgan fingerprint density at radius 1 is 1.12 bits per heavy atom. The van der Waals surface area contributed by atoms with Crippen LogP contribution in [0, 0.1) is 29.6 Å². The van der Waals surface area contributed by atoms with E-state index in [4.69, 9.17) is 0 Å². The van der Waals surface area contributed by atoms with E-state index in [0.29, 0.717) is 0 Å². The summed E-state index contributed by atoms with van der Waals surface area (Å²) >= 11 is 2.87. The molecule has 0 spiro atoms. The maximum Gasteiger partial charge on any atom is 0.323 e. The van der Waals surface area contributed by atoms with E-state index in [-0.39, 0.29) is 45.6 Å². The third-order valence-electron chi connectivity index (χ3n) is 7.88. The molecular formula is C23H23N3O5S2. The van der Waals surface area contributed by atoms with E-state index in [1.165, 1.54) is 11.3 Å². The molecule has 4 aliphatic rings. The van der Waals surface area contributed by atoms with Gasteiger partial charge >= 0.3 is 10.8 Å². The van der Waals surface area contributed by atoms with Crippen molar-refractivity contribution in [3.05, 3.63) is 44.4 Å². The van der Waals surface area contributed by atoms with Crippen LogP contribution >= 0.6 is 23.1 Å². The number of imide groups is 1. The van der Waals surface area contributed by atoms with Crippen molar-refractivity contribution in [1.82, 2.24) is 9.88 Å². The number of nitrogens with zero attached hydrogens (tertiary/aromatic N) is 2. The number of thiazole rings is 1. The quantitative estimate of drug-likeness (QED) is 0.638. The average Bonchev–Trinajstić information content (AvgIpc) is 3.49. The van der Waals surface area contributed by atoms with Gasteiger partial charge in [-0.25, -0.2) is 0 Å². The normalized spacial score (nSPS) is 33.8. The summed E-state index contributed by atoms with van der Waals surface area (Å²) in [6, 6.07) is 8.33. The average molecular weight is 486 g/mol. The highest BCUT2D eigenvalue weighted by Gasteiger charge is 2.69. The molecule has 1 saturated heterocycles. The summed E-state index contributed by atoms with van der Waals surface area (Å²) < 4.78 is 0. The Morgan fingerprint density at radius 2 is 1.79 bits per heavy atom. The first kappa shape index (κ1) is 21.0. The number of fused-ring (bicyclic) bond motifs is 9. The highest BCUT2D eigenvalue weighted by Crippen LogP contribution is 2.68. The van der Waals surface area contributed by atoms with E-state index in [2.05, 4.69) is 29.2 Å². The van der Waals surface area contributed by atoms with Crippen molar-refractivity contribution in [1.29, 1.82) is 0 Å². The smallest absolute Gasteiger partial charge is 0.323 e. The molecule has 7 atom stereocenters. The molecule has 2 aliphatic carbocycles. The maximum atomic E-state index is 13.2. The van der Waals surface area contributed by atoms with E-state index >= 15 is 0 Å². The number of aromatic amines is 1. The van der Waals surface area contributed by atoms with Gasteiger partial charge in [-0.1, -0.05) is 23.5 Å². The number of nitrogens with one attached hydrogen (secondary N) is 1. The molecule has 2 saturated carbocycles. The van der Waals surface area contributed by atoms with E-state index in [0.717, 1.165) is 32.5 Å². The fraction of sp³-hybridized carbons (Fsp3) is 0.478. The van der Waals surface area contributed by atoms with E-state index < -0.39 is 24.3 Å². The van der Waals surface area contributed by atoms with Gasteiger partial charge in [0.2, 0.25) is 11.8 Å². The molecule has 3 heterocycles. The molecule has 33 heavy (non-hydrogen) atoms. The summed E-state index contributed by atoms with van der Waals surface area (Å²) in [7, 11) is 3.97. The minimum atomic E-state index is -1.17. The van der Waals surface area contributed by atoms with Crippen LogP contribution < -0.4 is 9.77 Å². The Bertz CT molecular complexity index is 1240. The van der Waals surface area contributed by atoms with Crippen molar-refractivity contribution in [2.45, 2.75) is 22.6 Å². The van der Waals surface area contributed by atoms with E-state index in [1.54, 1.807) is 11.8 Å². The zero-order valence-electron chi connectivity index (χ0n) is 18.1. The van der Waals surface area contributed by atoms with Gasteiger partial charge in [0, 0.05) is 35.8 Å². The summed E-state index contributed by atoms with van der Waals surface area (Å²) in [5.74, 6) is -2.65. The summed E-state index contributed by atoms with van der Waals surface area (Å²) in [5, 5.41) is 10.2. The Kier molecular flexibility index (Phi) is 4.58. The number of rotatable bonds is 4. The Hall–Kier alpha value is -2.59. The second kappa shape index (κ2) is 7.20. The molecule has 172 valence electrons. The lowest BCUT2D eigenvalue weighted by Crippen LogP contribution is -2.42. The van der Waals surface area contributed by atoms with Crippen LogP contribution in [-0.2, 0) is 14.4 Å². The van der Waals surface area contributed by atoms with Crippen LogP contribution in [0.15, 0.2) is 34.1 Å². The van der Waals surface area contributed by atoms with Crippen molar-refractivity contribution in [3.63, 3.8) is 0 Å². The minimum absolute atomic E-state index is 0.00313. The molecule has 2 aromatic rings. The van der Waals surface area contributed by atoms with Crippen LogP contribution in [0.25, 0.3) is 0 Å². The summed E-state index contributed by atoms with van der Waals surface area (Å²) in [6.45, 7) is -0.567. The van der Waals surface area contributed by atoms with Crippen LogP contribution in [0.2, 0.25) is 0 Å². The lowest BCUT2D eigenvalue weighted by atomic mass is 9.68. The fourth-order valence-corrected chi connectivity index (χ4v) is 9.61. The first-order chi connectivity index (χ1) is 15.8. The fourth-order valence-electron chi connectivity index (χ4n) is 6.72. The highest BCUT2D eigenvalue weighted by molar-refractivity contribution is 8.00. The van der Waals surface area contributed by atoms with Gasteiger partial charge in [0.25, 0.3) is 0 Å². The third kappa shape index (κ3) is 2.89. The number of benzene rings is 1. The number of aliphatic carboxylic acids is 1. The van der Waals surface area contributed by atoms with Gasteiger partial charge in [-0.2, -0.15) is 0 Å². The SMILES string of the molecule is CN(C)c1ccc([C@H]2c3sc(=O)[nH]c3S[C@@H]3[C@H]4C[C@@H]([C@@H]5C(=O)N(CC(=O)O)C(=O)[C@H]45)[C@@H]23)cc1. The van der Waals surface area contributed by atoms with Crippen molar-refractivity contribution in [2.75, 3.05) is 25.5 Å². The predicted molar refractivity (Wildman–Crippen MR) is 124 cm³/mol. The Balaban J connectivity index is 1.43. The molecule has 6 rings (SSSR count). The van der Waals surface area contributed by atoms with Crippen molar-refractivity contribution < 1.29 is 19.5 Å². The predicted octanol–water partition coefficient (Wildman–Crippen LogP) is 2.06. The number of carboxylic acid groups (broad SMARTS) is 1. The zero-order chi connectivity index (χ0) is 23.2. The number of anilines is 1. The second-order valence-electron chi connectivity index (χ2n) is 9.60. The second-order valence-corrected chi connectivity index (χ2v) is 11.8. The lowest BCUT2D eigenvalue weighted by Gasteiger charge is -2.43. The number of carbonyl (C=O) groups excluding carboxylic acids is 2. The first-order valence-electron chi connectivity index (χ1n) is 11.0. The van der Waals surface area contributed by atoms with Gasteiger partial charge in [0.1, 0.15) is 6.54 Å². The standard InChI is InChI=1S/C23H23N3O5S2/c1-25(2)10-5-3-9(4-6-10)14-15-11-7-12(18(15)32-20-19(14)33-23(31)24-20)17-16(11)21(29)26(22(17)30)8-13(27)28/h3-6,11-12,14-18H,7-8H2,1-2H3,(H,24,31)(H,27,28)/t11-,12+,14-,15+,16+,17-,18-/m1/s1. The van der Waals surface area contributed by atoms with E-state index in [9.17, 15) is 24.3 Å². The molecular weight excluding hydrogens is 462 g/mol. The lowest BCUT2D eigenvalue weighted by molar-refractivity contribution is -0.149. The first-order valence-corrected chi connectivity index (χ1v) is 12.7. The molecule has 0 unspecified atom stereocenters. The molecule has 2 bridgehead atoms. The van der Waals surface area contributed by atoms with Crippen molar-refractivity contribution in [3.8, 4) is 0 Å². The monoisotopic (exact) mass is 485 g/mol. The molecule has 2 aliphatic heterocycles. The van der Waals surface area contributed by atoms with Crippen molar-refractivity contribution >= 4 is 46.6 Å². The van der Waals surface area contributed by atoms with Gasteiger partial charge in [-0.3, -0.25) is 24.1 Å². The number of hydrogen-bond donors (Lipinski definition) is 2. The molecule has 8 nitrogen and oxygen atoms in total. The number of hydrogen-bond acceptors (Lipinski definition) is 7. The summed E-state index contributed by atoms with van der Waals surface area (Å²) in [5.41, 5.74) is 2.19. The van der Waals surface area contributed by atoms with Crippen LogP contribution in [0.1, 0.15) is 22.8 Å². The molecule has 3 fully saturated rings. The molecule has 1 aromatic heterocycles. The summed E-state index contributed by atoms with van der Waals surface area (Å²) in [6.07, 6.45) is 0.793. The molecule has 2 N–H and O–H groups in total. The van der Waals surface area contributed by atoms with Gasteiger partial charge in [-0.15, -0.1) is 11.8 Å². The maximum absolute atomic E-state index is 13.2. The minimum Gasteiger partial charge on any atom is -0.480 e. The summed E-state index contributed by atoms with van der Waals surface area (Å²) in [4.78, 5) is 56.7. The number of amides is 2. The van der Waals surface area contributed by atoms with Crippen LogP contribution in [-0.4, -0.2) is 58.7 Å². The van der Waals surface area contributed by atoms with Gasteiger partial charge < -0.3 is 15.0 Å². The molecule has 10 heteroatoms. The van der Waals surface area contributed by atoms with Gasteiger partial charge in [0.15, 0.2) is 0 Å². The molecule has 1 aromatic carbocycles. The molecule has 0 radical (unpaired) electrons. The van der Waals surface area contributed by atoms with Gasteiger partial charge in [-0.05, 0) is 41.9 Å². The van der Waals surface area contributed by atoms with Gasteiger partial charge in [0.05, 0.1) is 16.9 Å². The number of carbonyl (C=O) groups is 3. The van der Waals surface area contributed by atoms with Crippen molar-refractivity contribution in [2.24, 2.45) is 29.6 Å². The largest absolute Gasteiger partial charge is 0.480 e. The topological polar surface area (TPSA) is 111 Å². The number of H-pyrrole nitrogens is 1. The number of thioether (sulfide) groups is 1. The third-order valence-corrected chi connectivity index (χ3v) is 10.5. The Morgan fingerprint density at radius 3 is 2.42 bits per heavy atom. The van der Waals surface area contributed by atoms with E-state index in [1.807, 2.05) is 19.0 Å². The molecule has 2 amide bonds. The number of carboxylic acids is 1. The van der Waals surface area contributed by atoms with Crippen LogP contribution in [0.5, 0.6) is 0 Å². The number of likely N-dealkylation sites (tertiary alicyclic amines) is 1. The zero-order valence-corrected chi connectivity index (χ0v) is 19.7. The van der Waals surface area contributed by atoms with Crippen LogP contribution in [0.4, 0.5) is 5.69 Å². The van der Waals surface area contributed by atoms with Crippen LogP contribution in [0.3, 0.4) is 0 Å². The Labute approximate surface area is 198 Å². The highest BCUT2D eigenvalue weighted by atomic mass is 32.2.